The Kier molecular flexibility index (Phi) is 29.8. The van der Waals surface area contributed by atoms with Gasteiger partial charge in [-0.25, -0.2) is 14.4 Å². The van der Waals surface area contributed by atoms with Crippen LogP contribution >= 0.6 is 35.6 Å². The number of hydrogen-bond donors (Lipinski definition) is 4. The van der Waals surface area contributed by atoms with Gasteiger partial charge < -0.3 is 54.8 Å². The summed E-state index contributed by atoms with van der Waals surface area (Å²) in [5.74, 6) is -3.01. The number of nitrogens with one attached hydrogen (secondary N) is 3. The van der Waals surface area contributed by atoms with Gasteiger partial charge in [0.1, 0.15) is 17.1 Å². The lowest BCUT2D eigenvalue weighted by atomic mass is 10.1. The van der Waals surface area contributed by atoms with Crippen molar-refractivity contribution in [2.75, 3.05) is 39.8 Å². The first-order valence-corrected chi connectivity index (χ1v) is 25.1. The molecule has 21 heteroatoms. The van der Waals surface area contributed by atoms with E-state index in [9.17, 15) is 33.6 Å². The standard InChI is InChI=1S/C30H39ClN2O8.C25H31ClN2O6.CH4.ClH/c1-7-21(18-33-28(37)41-29(2,3)4)26(35)38-19-39-27(36)30(5,6)40-24-14-8-20(9-15-24)16-17-32-25(34)22-10-12-23(31)13-11-22;1-4-18(15-27)23(30)32-16-33-24(31)25(2,3)34-21-11-5-17(6-12-21)13-14-28-22(29)19-7-9-20(26)10-8-19;;/h8-15,21H,7,16-19H2,1-6H3,(H,32,34)(H,33,37);5-12,18H,4,13-16,27H2,1-3H3,(H,28,29);1H4;1H. The third-order valence-corrected chi connectivity index (χ3v) is 11.3. The molecular weight excluding hydrogens is 1060 g/mol. The summed E-state index contributed by atoms with van der Waals surface area (Å²) in [6, 6.07) is 27.6. The molecule has 2 atom stereocenters. The smallest absolute Gasteiger partial charge is 0.407 e. The molecule has 4 aromatic rings. The zero-order valence-electron chi connectivity index (χ0n) is 44.4. The van der Waals surface area contributed by atoms with Crippen molar-refractivity contribution in [2.45, 2.75) is 112 Å². The number of alkyl carbamates (subject to hydrolysis) is 1. The maximum atomic E-state index is 12.6. The Morgan fingerprint density at radius 1 is 0.532 bits per heavy atom. The molecule has 0 heterocycles. The van der Waals surface area contributed by atoms with Gasteiger partial charge in [-0.1, -0.05) is 68.7 Å². The lowest BCUT2D eigenvalue weighted by molar-refractivity contribution is -0.180. The van der Waals surface area contributed by atoms with E-state index >= 15 is 0 Å². The molecule has 0 bridgehead atoms. The van der Waals surface area contributed by atoms with Crippen molar-refractivity contribution in [2.24, 2.45) is 17.6 Å². The second-order valence-corrected chi connectivity index (χ2v) is 19.8. The molecule has 0 aliphatic rings. The maximum Gasteiger partial charge on any atom is 0.407 e. The molecule has 0 aromatic heterocycles. The monoisotopic (exact) mass is 1130 g/mol. The molecule has 4 rings (SSSR count). The number of esters is 4. The molecule has 3 amide bonds. The van der Waals surface area contributed by atoms with E-state index in [4.69, 9.17) is 62.1 Å². The van der Waals surface area contributed by atoms with Crippen LogP contribution in [0.2, 0.25) is 10.0 Å². The minimum atomic E-state index is -1.36. The van der Waals surface area contributed by atoms with Crippen LogP contribution in [-0.4, -0.2) is 98.4 Å². The summed E-state index contributed by atoms with van der Waals surface area (Å²) in [6.45, 7) is 15.0. The fourth-order valence-corrected chi connectivity index (χ4v) is 6.63. The van der Waals surface area contributed by atoms with Gasteiger partial charge in [-0.15, -0.1) is 12.4 Å². The first kappa shape index (κ1) is 68.4. The van der Waals surface area contributed by atoms with Gasteiger partial charge in [0.05, 0.1) is 11.8 Å². The summed E-state index contributed by atoms with van der Waals surface area (Å²) >= 11 is 11.7. The Labute approximate surface area is 468 Å². The van der Waals surface area contributed by atoms with Gasteiger partial charge in [0.2, 0.25) is 13.6 Å². The van der Waals surface area contributed by atoms with Gasteiger partial charge in [0, 0.05) is 47.4 Å². The molecule has 0 fully saturated rings. The number of ether oxygens (including phenoxy) is 7. The van der Waals surface area contributed by atoms with Gasteiger partial charge in [-0.05, 0) is 158 Å². The molecule has 0 saturated carbocycles. The van der Waals surface area contributed by atoms with Gasteiger partial charge >= 0.3 is 30.0 Å². The summed E-state index contributed by atoms with van der Waals surface area (Å²) in [6.07, 6.45) is 1.54. The second kappa shape index (κ2) is 33.5. The SMILES string of the molecule is C.CCC(CN)C(=O)OCOC(=O)C(C)(C)Oc1ccc(CCNC(=O)c2ccc(Cl)cc2)cc1.CCC(CNC(=O)OC(C)(C)C)C(=O)OCOC(=O)C(C)(C)Oc1ccc(CCNC(=O)c2ccc(Cl)cc2)cc1.Cl. The van der Waals surface area contributed by atoms with Crippen molar-refractivity contribution >= 4 is 77.4 Å². The Bertz CT molecular complexity index is 2480. The molecule has 0 spiro atoms. The molecule has 0 aliphatic heterocycles. The highest BCUT2D eigenvalue weighted by molar-refractivity contribution is 6.31. The summed E-state index contributed by atoms with van der Waals surface area (Å²) < 4.78 is 36.9. The van der Waals surface area contributed by atoms with Crippen LogP contribution < -0.4 is 31.2 Å². The summed E-state index contributed by atoms with van der Waals surface area (Å²) in [4.78, 5) is 85.3. The fraction of sp³-hybridized carbons (Fsp3) is 0.446. The van der Waals surface area contributed by atoms with E-state index in [0.717, 1.165) is 11.1 Å². The molecule has 0 saturated heterocycles. The Morgan fingerprint density at radius 2 is 0.896 bits per heavy atom. The fourth-order valence-electron chi connectivity index (χ4n) is 6.38. The van der Waals surface area contributed by atoms with Crippen LogP contribution in [0.5, 0.6) is 11.5 Å². The predicted molar refractivity (Wildman–Crippen MR) is 296 cm³/mol. The Morgan fingerprint density at radius 3 is 1.23 bits per heavy atom. The molecule has 4 aromatic carbocycles. The third kappa shape index (κ3) is 25.4. The van der Waals surface area contributed by atoms with Crippen LogP contribution in [0.4, 0.5) is 4.79 Å². The number of carbonyl (C=O) groups excluding carboxylic acids is 7. The minimum absolute atomic E-state index is 0. The average Bonchev–Trinajstić information content (AvgIpc) is 3.35. The normalized spacial score (nSPS) is 11.7. The van der Waals surface area contributed by atoms with Crippen LogP contribution in [-0.2, 0) is 55.7 Å². The molecule has 77 heavy (non-hydrogen) atoms. The van der Waals surface area contributed by atoms with Crippen molar-refractivity contribution < 1.29 is 66.7 Å². The highest BCUT2D eigenvalue weighted by atomic mass is 35.5. The number of halogens is 3. The zero-order valence-corrected chi connectivity index (χ0v) is 46.7. The number of rotatable bonds is 25. The summed E-state index contributed by atoms with van der Waals surface area (Å²) in [5, 5.41) is 9.40. The van der Waals surface area contributed by atoms with Crippen LogP contribution in [0, 0.1) is 11.8 Å². The molecule has 424 valence electrons. The zero-order chi connectivity index (χ0) is 55.8. The summed E-state index contributed by atoms with van der Waals surface area (Å²) in [5.41, 5.74) is 5.22. The predicted octanol–water partition coefficient (Wildman–Crippen LogP) is 9.62. The number of hydrogen-bond acceptors (Lipinski definition) is 15. The van der Waals surface area contributed by atoms with Crippen molar-refractivity contribution in [3.05, 3.63) is 129 Å². The lowest BCUT2D eigenvalue weighted by Crippen LogP contribution is -2.40. The molecular formula is C56H75Cl3N4O14. The van der Waals surface area contributed by atoms with Crippen LogP contribution in [0.15, 0.2) is 97.1 Å². The van der Waals surface area contributed by atoms with E-state index in [0.29, 0.717) is 71.4 Å². The van der Waals surface area contributed by atoms with Crippen molar-refractivity contribution in [1.29, 1.82) is 0 Å². The minimum Gasteiger partial charge on any atom is -0.476 e. The number of nitrogens with two attached hydrogens (primary N) is 1. The van der Waals surface area contributed by atoms with Gasteiger partial charge in [0.25, 0.3) is 11.8 Å². The average molecular weight is 1130 g/mol. The Balaban J connectivity index is 0.000000763. The molecule has 0 aliphatic carbocycles. The van der Waals surface area contributed by atoms with E-state index in [1.807, 2.05) is 31.2 Å². The third-order valence-electron chi connectivity index (χ3n) is 10.8. The molecule has 5 N–H and O–H groups in total. The molecule has 0 radical (unpaired) electrons. The van der Waals surface area contributed by atoms with E-state index in [1.165, 1.54) is 13.8 Å². The Hall–Kier alpha value is -6.60. The molecule has 2 unspecified atom stereocenters. The van der Waals surface area contributed by atoms with Crippen molar-refractivity contribution in [3.8, 4) is 11.5 Å². The van der Waals surface area contributed by atoms with Gasteiger partial charge in [-0.2, -0.15) is 0 Å². The van der Waals surface area contributed by atoms with E-state index < -0.39 is 72.2 Å². The molecule has 18 nitrogen and oxygen atoms in total. The van der Waals surface area contributed by atoms with E-state index in [2.05, 4.69) is 16.0 Å². The van der Waals surface area contributed by atoms with Crippen LogP contribution in [0.3, 0.4) is 0 Å². The second-order valence-electron chi connectivity index (χ2n) is 18.9. The highest BCUT2D eigenvalue weighted by Crippen LogP contribution is 2.23. The van der Waals surface area contributed by atoms with Crippen molar-refractivity contribution in [3.63, 3.8) is 0 Å². The van der Waals surface area contributed by atoms with E-state index in [-0.39, 0.29) is 44.7 Å². The number of carbonyl (C=O) groups is 7. The van der Waals surface area contributed by atoms with Crippen LogP contribution in [0.1, 0.15) is 114 Å². The quantitative estimate of drug-likeness (QED) is 0.0274. The van der Waals surface area contributed by atoms with Crippen LogP contribution in [0.25, 0.3) is 0 Å². The first-order chi connectivity index (χ1) is 35.4. The largest absolute Gasteiger partial charge is 0.476 e. The van der Waals surface area contributed by atoms with Gasteiger partial charge in [0.15, 0.2) is 11.2 Å². The van der Waals surface area contributed by atoms with Crippen molar-refractivity contribution in [1.82, 2.24) is 16.0 Å². The maximum absolute atomic E-state index is 12.6. The first-order valence-electron chi connectivity index (χ1n) is 24.3. The number of amides is 3. The summed E-state index contributed by atoms with van der Waals surface area (Å²) in [7, 11) is 0. The van der Waals surface area contributed by atoms with Gasteiger partial charge in [-0.3, -0.25) is 19.2 Å². The number of benzene rings is 4. The lowest BCUT2D eigenvalue weighted by Gasteiger charge is -2.24. The highest BCUT2D eigenvalue weighted by Gasteiger charge is 2.34. The van der Waals surface area contributed by atoms with E-state index in [1.54, 1.807) is 114 Å². The topological polar surface area (TPSA) is 246 Å².